The summed E-state index contributed by atoms with van der Waals surface area (Å²) in [6.07, 6.45) is 0. The minimum absolute atomic E-state index is 0.221. The van der Waals surface area contributed by atoms with Crippen molar-refractivity contribution in [3.8, 4) is 22.8 Å². The third-order valence-electron chi connectivity index (χ3n) is 3.99. The van der Waals surface area contributed by atoms with Gasteiger partial charge in [0.1, 0.15) is 0 Å². The lowest BCUT2D eigenvalue weighted by molar-refractivity contribution is -0.394. The van der Waals surface area contributed by atoms with E-state index in [9.17, 15) is 25.0 Å². The Labute approximate surface area is 173 Å². The molecule has 0 atom stereocenters. The van der Waals surface area contributed by atoms with Crippen LogP contribution in [0, 0.1) is 20.2 Å². The number of thiazole rings is 1. The normalized spacial score (nSPS) is 10.3. The zero-order chi connectivity index (χ0) is 21.8. The molecule has 0 unspecified atom stereocenters. The van der Waals surface area contributed by atoms with Crippen LogP contribution >= 0.6 is 11.3 Å². The van der Waals surface area contributed by atoms with Gasteiger partial charge in [-0.05, 0) is 18.2 Å². The Morgan fingerprint density at radius 2 is 1.63 bits per heavy atom. The molecular formula is C18H14N4O7S. The molecule has 0 aliphatic heterocycles. The molecule has 1 N–H and O–H groups in total. The van der Waals surface area contributed by atoms with Gasteiger partial charge in [-0.25, -0.2) is 4.98 Å². The molecule has 1 heterocycles. The number of methoxy groups -OCH3 is 2. The number of rotatable bonds is 7. The van der Waals surface area contributed by atoms with Crippen molar-refractivity contribution in [2.75, 3.05) is 19.5 Å². The molecule has 30 heavy (non-hydrogen) atoms. The topological polar surface area (TPSA) is 147 Å². The van der Waals surface area contributed by atoms with Gasteiger partial charge in [-0.1, -0.05) is 0 Å². The molecular weight excluding hydrogens is 416 g/mol. The number of carbonyl (C=O) groups is 1. The van der Waals surface area contributed by atoms with E-state index in [0.29, 0.717) is 17.2 Å². The number of anilines is 1. The van der Waals surface area contributed by atoms with Gasteiger partial charge in [-0.2, -0.15) is 0 Å². The molecule has 12 heteroatoms. The van der Waals surface area contributed by atoms with Crippen molar-refractivity contribution in [3.63, 3.8) is 0 Å². The Hall–Kier alpha value is -4.06. The average Bonchev–Trinajstić information content (AvgIpc) is 3.21. The third-order valence-corrected chi connectivity index (χ3v) is 4.75. The first-order valence-corrected chi connectivity index (χ1v) is 9.13. The summed E-state index contributed by atoms with van der Waals surface area (Å²) in [4.78, 5) is 37.2. The van der Waals surface area contributed by atoms with E-state index >= 15 is 0 Å². The number of nitrogens with zero attached hydrogens (tertiary/aromatic N) is 3. The molecule has 11 nitrogen and oxygen atoms in total. The highest BCUT2D eigenvalue weighted by Gasteiger charge is 2.20. The number of nitro benzene ring substituents is 2. The van der Waals surface area contributed by atoms with Crippen molar-refractivity contribution in [3.05, 3.63) is 67.6 Å². The van der Waals surface area contributed by atoms with E-state index < -0.39 is 27.1 Å². The fourth-order valence-electron chi connectivity index (χ4n) is 2.57. The van der Waals surface area contributed by atoms with Crippen LogP contribution in [0.25, 0.3) is 11.3 Å². The van der Waals surface area contributed by atoms with Crippen molar-refractivity contribution in [2.24, 2.45) is 0 Å². The van der Waals surface area contributed by atoms with Crippen LogP contribution in [0.5, 0.6) is 11.5 Å². The third kappa shape index (κ3) is 4.33. The minimum atomic E-state index is -0.803. The smallest absolute Gasteiger partial charge is 0.277 e. The molecule has 2 aromatic carbocycles. The number of amides is 1. The molecule has 0 saturated carbocycles. The zero-order valence-corrected chi connectivity index (χ0v) is 16.5. The number of non-ortho nitro benzene ring substituents is 2. The van der Waals surface area contributed by atoms with Crippen LogP contribution in [0.4, 0.5) is 16.5 Å². The first-order valence-electron chi connectivity index (χ1n) is 8.25. The van der Waals surface area contributed by atoms with Gasteiger partial charge in [0.15, 0.2) is 16.6 Å². The van der Waals surface area contributed by atoms with E-state index in [1.54, 1.807) is 23.6 Å². The van der Waals surface area contributed by atoms with Gasteiger partial charge in [0, 0.05) is 23.1 Å². The van der Waals surface area contributed by atoms with E-state index in [-0.39, 0.29) is 10.7 Å². The quantitative estimate of drug-likeness (QED) is 0.438. The lowest BCUT2D eigenvalue weighted by Crippen LogP contribution is -2.12. The van der Waals surface area contributed by atoms with Crippen LogP contribution in [0.15, 0.2) is 41.8 Å². The van der Waals surface area contributed by atoms with Gasteiger partial charge in [-0.15, -0.1) is 11.3 Å². The Morgan fingerprint density at radius 1 is 1.00 bits per heavy atom. The molecule has 0 spiro atoms. The second-order valence-electron chi connectivity index (χ2n) is 5.81. The Bertz CT molecular complexity index is 1110. The van der Waals surface area contributed by atoms with Crippen LogP contribution in [0.2, 0.25) is 0 Å². The number of hydrogen-bond acceptors (Lipinski definition) is 9. The van der Waals surface area contributed by atoms with Crippen molar-refractivity contribution in [1.29, 1.82) is 0 Å². The number of ether oxygens (including phenoxy) is 2. The highest BCUT2D eigenvalue weighted by atomic mass is 32.1. The predicted octanol–water partition coefficient (Wildman–Crippen LogP) is 3.90. The van der Waals surface area contributed by atoms with Crippen LogP contribution < -0.4 is 14.8 Å². The molecule has 154 valence electrons. The van der Waals surface area contributed by atoms with E-state index in [1.807, 2.05) is 0 Å². The summed E-state index contributed by atoms with van der Waals surface area (Å²) in [5.41, 5.74) is -0.0607. The van der Waals surface area contributed by atoms with Crippen molar-refractivity contribution < 1.29 is 24.1 Å². The number of benzene rings is 2. The molecule has 3 aromatic rings. The van der Waals surface area contributed by atoms with E-state index in [2.05, 4.69) is 10.3 Å². The van der Waals surface area contributed by atoms with Crippen molar-refractivity contribution in [1.82, 2.24) is 4.98 Å². The summed E-state index contributed by atoms with van der Waals surface area (Å²) in [7, 11) is 3.03. The van der Waals surface area contributed by atoms with E-state index in [1.165, 1.54) is 14.2 Å². The highest BCUT2D eigenvalue weighted by Crippen LogP contribution is 2.33. The van der Waals surface area contributed by atoms with Crippen LogP contribution in [-0.2, 0) is 0 Å². The summed E-state index contributed by atoms with van der Waals surface area (Å²) >= 11 is 1.13. The molecule has 0 radical (unpaired) electrons. The Morgan fingerprint density at radius 3 is 2.20 bits per heavy atom. The molecule has 3 rings (SSSR count). The maximum absolute atomic E-state index is 12.5. The maximum Gasteiger partial charge on any atom is 0.277 e. The monoisotopic (exact) mass is 430 g/mol. The summed E-state index contributed by atoms with van der Waals surface area (Å²) in [6.45, 7) is 0. The maximum atomic E-state index is 12.5. The van der Waals surface area contributed by atoms with Crippen LogP contribution in [0.1, 0.15) is 10.4 Å². The van der Waals surface area contributed by atoms with Gasteiger partial charge in [0.2, 0.25) is 0 Å². The lowest BCUT2D eigenvalue weighted by atomic mass is 10.1. The van der Waals surface area contributed by atoms with E-state index in [0.717, 1.165) is 35.1 Å². The fourth-order valence-corrected chi connectivity index (χ4v) is 3.28. The predicted molar refractivity (Wildman–Crippen MR) is 108 cm³/mol. The summed E-state index contributed by atoms with van der Waals surface area (Å²) in [6, 6.07) is 7.93. The molecule has 1 amide bonds. The number of hydrogen-bond donors (Lipinski definition) is 1. The molecule has 0 fully saturated rings. The molecule has 0 saturated heterocycles. The summed E-state index contributed by atoms with van der Waals surface area (Å²) in [5.74, 6) is 0.310. The first kappa shape index (κ1) is 20.7. The second kappa shape index (κ2) is 8.53. The number of nitrogens with one attached hydrogen (secondary N) is 1. The second-order valence-corrected chi connectivity index (χ2v) is 6.67. The van der Waals surface area contributed by atoms with E-state index in [4.69, 9.17) is 9.47 Å². The summed E-state index contributed by atoms with van der Waals surface area (Å²) < 4.78 is 10.5. The molecule has 0 bridgehead atoms. The standard InChI is InChI=1S/C18H14N4O7S/c1-28-15-4-3-10(7-16(15)29-2)14-9-30-18(19-14)20-17(23)11-5-12(21(24)25)8-13(6-11)22(26)27/h3-9H,1-2H3,(H,19,20,23). The highest BCUT2D eigenvalue weighted by molar-refractivity contribution is 7.14. The van der Waals surface area contributed by atoms with Gasteiger partial charge >= 0.3 is 0 Å². The van der Waals surface area contributed by atoms with Crippen LogP contribution in [0.3, 0.4) is 0 Å². The Balaban J connectivity index is 1.85. The van der Waals surface area contributed by atoms with Crippen molar-refractivity contribution in [2.45, 2.75) is 0 Å². The zero-order valence-electron chi connectivity index (χ0n) is 15.6. The van der Waals surface area contributed by atoms with Gasteiger partial charge in [0.05, 0.1) is 41.4 Å². The first-order chi connectivity index (χ1) is 14.3. The number of nitro groups is 2. The summed E-state index contributed by atoms with van der Waals surface area (Å²) in [5, 5.41) is 26.4. The minimum Gasteiger partial charge on any atom is -0.493 e. The lowest BCUT2D eigenvalue weighted by Gasteiger charge is -2.08. The largest absolute Gasteiger partial charge is 0.493 e. The number of carbonyl (C=O) groups excluding carboxylic acids is 1. The average molecular weight is 430 g/mol. The van der Waals surface area contributed by atoms with Gasteiger partial charge in [0.25, 0.3) is 17.3 Å². The Kier molecular flexibility index (Phi) is 5.88. The van der Waals surface area contributed by atoms with Crippen LogP contribution in [-0.4, -0.2) is 35.0 Å². The van der Waals surface area contributed by atoms with Gasteiger partial charge in [-0.3, -0.25) is 30.3 Å². The molecule has 1 aromatic heterocycles. The van der Waals surface area contributed by atoms with Gasteiger partial charge < -0.3 is 9.47 Å². The molecule has 0 aliphatic carbocycles. The van der Waals surface area contributed by atoms with Crippen molar-refractivity contribution >= 4 is 33.8 Å². The SMILES string of the molecule is COc1ccc(-c2csc(NC(=O)c3cc([N+](=O)[O-])cc([N+](=O)[O-])c3)n2)cc1OC. The number of aromatic nitrogens is 1. The molecule has 0 aliphatic rings. The fraction of sp³-hybridized carbons (Fsp3) is 0.111.